The number of hydrogen-bond acceptors (Lipinski definition) is 3. The van der Waals surface area contributed by atoms with Gasteiger partial charge < -0.3 is 10.8 Å². The third-order valence-electron chi connectivity index (χ3n) is 3.82. The van der Waals surface area contributed by atoms with Gasteiger partial charge in [0.15, 0.2) is 11.6 Å². The van der Waals surface area contributed by atoms with E-state index in [0.29, 0.717) is 5.56 Å². The Kier molecular flexibility index (Phi) is 5.08. The Hall–Kier alpha value is -2.31. The fraction of sp³-hybridized carbons (Fsp3) is 0.235. The maximum Gasteiger partial charge on any atom is 0.242 e. The van der Waals surface area contributed by atoms with E-state index in [1.807, 2.05) is 0 Å². The highest BCUT2D eigenvalue weighted by Gasteiger charge is 2.33. The van der Waals surface area contributed by atoms with Crippen LogP contribution in [0.15, 0.2) is 48.5 Å². The fourth-order valence-corrected chi connectivity index (χ4v) is 2.24. The molecule has 122 valence electrons. The molecular weight excluding hydrogens is 302 g/mol. The summed E-state index contributed by atoms with van der Waals surface area (Å²) in [6, 6.07) is 12.0. The molecule has 2 rings (SSSR count). The quantitative estimate of drug-likeness (QED) is 0.762. The predicted octanol–water partition coefficient (Wildman–Crippen LogP) is 1.99. The third-order valence-corrected chi connectivity index (χ3v) is 3.82. The summed E-state index contributed by atoms with van der Waals surface area (Å²) in [6.07, 6.45) is -1.12. The molecular formula is C17H18F2N2O2. The molecule has 0 aliphatic carbocycles. The zero-order chi connectivity index (χ0) is 17.0. The molecule has 0 saturated carbocycles. The van der Waals surface area contributed by atoms with Crippen LogP contribution in [0.3, 0.4) is 0 Å². The molecule has 0 aromatic heterocycles. The van der Waals surface area contributed by atoms with Gasteiger partial charge in [-0.25, -0.2) is 8.78 Å². The molecule has 23 heavy (non-hydrogen) atoms. The van der Waals surface area contributed by atoms with Crippen LogP contribution >= 0.6 is 0 Å². The number of carbonyl (C=O) groups is 1. The molecule has 0 fully saturated rings. The predicted molar refractivity (Wildman–Crippen MR) is 82.3 cm³/mol. The minimum atomic E-state index is -1.19. The number of nitrogens with two attached hydrogens (primary N) is 1. The molecule has 2 aromatic rings. The lowest BCUT2D eigenvalue weighted by atomic mass is 9.91. The first-order chi connectivity index (χ1) is 10.8. The van der Waals surface area contributed by atoms with Crippen molar-refractivity contribution in [1.82, 2.24) is 5.32 Å². The van der Waals surface area contributed by atoms with Crippen LogP contribution in [0.4, 0.5) is 8.78 Å². The lowest BCUT2D eigenvalue weighted by molar-refractivity contribution is -0.124. The number of nitrogens with one attached hydrogen (secondary N) is 1. The highest BCUT2D eigenvalue weighted by atomic mass is 19.2. The summed E-state index contributed by atoms with van der Waals surface area (Å²) in [5, 5.41) is 13.0. The van der Waals surface area contributed by atoms with Gasteiger partial charge in [0.2, 0.25) is 5.91 Å². The minimum absolute atomic E-state index is 0.0561. The molecule has 0 radical (unpaired) electrons. The number of primary amides is 1. The Labute approximate surface area is 132 Å². The Morgan fingerprint density at radius 2 is 1.87 bits per heavy atom. The molecule has 0 spiro atoms. The molecule has 4 nitrogen and oxygen atoms in total. The Morgan fingerprint density at radius 3 is 2.43 bits per heavy atom. The number of rotatable bonds is 6. The van der Waals surface area contributed by atoms with Gasteiger partial charge in [0.05, 0.1) is 6.10 Å². The van der Waals surface area contributed by atoms with E-state index < -0.39 is 29.2 Å². The van der Waals surface area contributed by atoms with Crippen LogP contribution in [0.1, 0.15) is 24.2 Å². The topological polar surface area (TPSA) is 75.3 Å². The van der Waals surface area contributed by atoms with E-state index in [4.69, 9.17) is 5.73 Å². The molecule has 4 N–H and O–H groups in total. The maximum atomic E-state index is 13.2. The minimum Gasteiger partial charge on any atom is -0.387 e. The second-order valence-corrected chi connectivity index (χ2v) is 5.43. The van der Waals surface area contributed by atoms with Gasteiger partial charge in [0, 0.05) is 6.54 Å². The van der Waals surface area contributed by atoms with Gasteiger partial charge in [0.25, 0.3) is 0 Å². The van der Waals surface area contributed by atoms with Crippen molar-refractivity contribution in [2.45, 2.75) is 18.6 Å². The molecule has 2 atom stereocenters. The zero-order valence-corrected chi connectivity index (χ0v) is 12.6. The van der Waals surface area contributed by atoms with Crippen LogP contribution in [0.5, 0.6) is 0 Å². The first-order valence-electron chi connectivity index (χ1n) is 7.08. The van der Waals surface area contributed by atoms with Crippen LogP contribution in [-0.4, -0.2) is 17.6 Å². The number of benzene rings is 2. The highest BCUT2D eigenvalue weighted by Crippen LogP contribution is 2.22. The number of carbonyl (C=O) groups excluding carboxylic acids is 1. The summed E-state index contributed by atoms with van der Waals surface area (Å²) in [5.41, 5.74) is 5.13. The molecule has 2 unspecified atom stereocenters. The van der Waals surface area contributed by atoms with Crippen LogP contribution in [0.2, 0.25) is 0 Å². The summed E-state index contributed by atoms with van der Waals surface area (Å²) in [7, 11) is 0. The molecule has 0 saturated heterocycles. The largest absolute Gasteiger partial charge is 0.387 e. The zero-order valence-electron chi connectivity index (χ0n) is 12.6. The number of hydrogen-bond donors (Lipinski definition) is 3. The number of aliphatic hydroxyl groups is 1. The maximum absolute atomic E-state index is 13.2. The van der Waals surface area contributed by atoms with E-state index in [2.05, 4.69) is 5.32 Å². The van der Waals surface area contributed by atoms with Crippen molar-refractivity contribution in [2.24, 2.45) is 5.73 Å². The van der Waals surface area contributed by atoms with Gasteiger partial charge >= 0.3 is 0 Å². The first-order valence-corrected chi connectivity index (χ1v) is 7.08. The average Bonchev–Trinajstić information content (AvgIpc) is 2.55. The van der Waals surface area contributed by atoms with Gasteiger partial charge in [-0.1, -0.05) is 36.4 Å². The van der Waals surface area contributed by atoms with Gasteiger partial charge in [-0.2, -0.15) is 0 Å². The first kappa shape index (κ1) is 17.1. The van der Waals surface area contributed by atoms with Gasteiger partial charge in [-0.3, -0.25) is 10.1 Å². The molecule has 6 heteroatoms. The third kappa shape index (κ3) is 3.72. The Balaban J connectivity index is 2.16. The van der Waals surface area contributed by atoms with E-state index >= 15 is 0 Å². The summed E-state index contributed by atoms with van der Waals surface area (Å²) < 4.78 is 26.2. The normalized spacial score (nSPS) is 15.0. The smallest absolute Gasteiger partial charge is 0.242 e. The number of amides is 1. The van der Waals surface area contributed by atoms with E-state index in [1.165, 1.54) is 6.07 Å². The molecule has 1 amide bonds. The Bertz CT molecular complexity index is 694. The van der Waals surface area contributed by atoms with Gasteiger partial charge in [0.1, 0.15) is 5.54 Å². The summed E-state index contributed by atoms with van der Waals surface area (Å²) in [5.74, 6) is -2.64. The standard InChI is InChI=1S/C17H18F2N2O2/c1-17(16(20)23,12-5-3-2-4-6-12)21-10-15(22)11-7-8-13(18)14(19)9-11/h2-9,15,21-22H,10H2,1H3,(H2,20,23). The van der Waals surface area contributed by atoms with Crippen LogP contribution in [0.25, 0.3) is 0 Å². The van der Waals surface area contributed by atoms with Gasteiger partial charge in [-0.15, -0.1) is 0 Å². The monoisotopic (exact) mass is 320 g/mol. The highest BCUT2D eigenvalue weighted by molar-refractivity contribution is 5.85. The summed E-state index contributed by atoms with van der Waals surface area (Å²) in [4.78, 5) is 11.8. The van der Waals surface area contributed by atoms with Crippen LogP contribution in [-0.2, 0) is 10.3 Å². The second kappa shape index (κ2) is 6.85. The van der Waals surface area contributed by atoms with Crippen molar-refractivity contribution in [1.29, 1.82) is 0 Å². The van der Waals surface area contributed by atoms with Crippen molar-refractivity contribution >= 4 is 5.91 Å². The molecule has 0 bridgehead atoms. The van der Waals surface area contributed by atoms with Crippen molar-refractivity contribution < 1.29 is 18.7 Å². The molecule has 0 heterocycles. The summed E-state index contributed by atoms with van der Waals surface area (Å²) in [6.45, 7) is 1.54. The summed E-state index contributed by atoms with van der Waals surface area (Å²) >= 11 is 0. The number of aliphatic hydroxyl groups excluding tert-OH is 1. The van der Waals surface area contributed by atoms with Crippen molar-refractivity contribution in [3.63, 3.8) is 0 Å². The lowest BCUT2D eigenvalue weighted by Gasteiger charge is -2.29. The van der Waals surface area contributed by atoms with Crippen molar-refractivity contribution in [2.75, 3.05) is 6.54 Å². The lowest BCUT2D eigenvalue weighted by Crippen LogP contribution is -2.51. The Morgan fingerprint density at radius 1 is 1.22 bits per heavy atom. The second-order valence-electron chi connectivity index (χ2n) is 5.43. The van der Waals surface area contributed by atoms with E-state index in [0.717, 1.165) is 12.1 Å². The number of halogens is 2. The van der Waals surface area contributed by atoms with E-state index in [9.17, 15) is 18.7 Å². The molecule has 0 aliphatic rings. The molecule has 2 aromatic carbocycles. The van der Waals surface area contributed by atoms with Crippen LogP contribution < -0.4 is 11.1 Å². The van der Waals surface area contributed by atoms with Crippen molar-refractivity contribution in [3.8, 4) is 0 Å². The van der Waals surface area contributed by atoms with Crippen molar-refractivity contribution in [3.05, 3.63) is 71.3 Å². The molecule has 0 aliphatic heterocycles. The van der Waals surface area contributed by atoms with Crippen LogP contribution in [0, 0.1) is 11.6 Å². The fourth-order valence-electron chi connectivity index (χ4n) is 2.24. The SMILES string of the molecule is CC(NCC(O)c1ccc(F)c(F)c1)(C(N)=O)c1ccccc1. The van der Waals surface area contributed by atoms with E-state index in [1.54, 1.807) is 37.3 Å². The average molecular weight is 320 g/mol. The van der Waals surface area contributed by atoms with Gasteiger partial charge in [-0.05, 0) is 30.2 Å². The van der Waals surface area contributed by atoms with E-state index in [-0.39, 0.29) is 12.1 Å².